The number of nitrogens with two attached hydrogens (primary N) is 1. The summed E-state index contributed by atoms with van der Waals surface area (Å²) in [6, 6.07) is 10.5. The molecule has 114 valence electrons. The molecule has 1 aromatic rings. The number of hydrogen-bond donors (Lipinski definition) is 2. The summed E-state index contributed by atoms with van der Waals surface area (Å²) < 4.78 is 0. The molecule has 1 aromatic carbocycles. The van der Waals surface area contributed by atoms with Crippen molar-refractivity contribution in [2.24, 2.45) is 0 Å². The van der Waals surface area contributed by atoms with Crippen molar-refractivity contribution in [3.8, 4) is 0 Å². The van der Waals surface area contributed by atoms with Gasteiger partial charge < -0.3 is 11.1 Å². The van der Waals surface area contributed by atoms with Gasteiger partial charge in [-0.25, -0.2) is 0 Å². The van der Waals surface area contributed by atoms with E-state index in [0.29, 0.717) is 0 Å². The highest BCUT2D eigenvalue weighted by Gasteiger charge is 2.34. The predicted octanol–water partition coefficient (Wildman–Crippen LogP) is 2.83. The molecule has 2 bridgehead atoms. The van der Waals surface area contributed by atoms with E-state index in [1.807, 2.05) is 12.1 Å². The molecule has 0 spiro atoms. The minimum Gasteiger partial charge on any atom is -0.399 e. The highest BCUT2D eigenvalue weighted by Crippen LogP contribution is 2.29. The number of piperidine rings is 1. The van der Waals surface area contributed by atoms with Crippen LogP contribution in [0.15, 0.2) is 24.3 Å². The summed E-state index contributed by atoms with van der Waals surface area (Å²) in [5, 5.41) is 3.70. The molecule has 2 saturated heterocycles. The zero-order valence-corrected chi connectivity index (χ0v) is 13.6. The van der Waals surface area contributed by atoms with Crippen molar-refractivity contribution in [2.75, 3.05) is 12.8 Å². The molecule has 2 aliphatic rings. The summed E-state index contributed by atoms with van der Waals surface area (Å²) in [6.45, 7) is 1.01. The number of nitrogens with zero attached hydrogens (tertiary/aromatic N) is 1. The van der Waals surface area contributed by atoms with Gasteiger partial charge in [0, 0.05) is 30.4 Å². The lowest BCUT2D eigenvalue weighted by atomic mass is 9.98. The van der Waals surface area contributed by atoms with Crippen LogP contribution >= 0.6 is 24.8 Å². The molecule has 20 heavy (non-hydrogen) atoms. The molecule has 5 heteroatoms. The van der Waals surface area contributed by atoms with Gasteiger partial charge in [-0.05, 0) is 50.4 Å². The Morgan fingerprint density at radius 1 is 1.20 bits per heavy atom. The maximum absolute atomic E-state index is 5.84. The number of nitrogens with one attached hydrogen (secondary N) is 1. The van der Waals surface area contributed by atoms with Crippen molar-refractivity contribution >= 4 is 30.5 Å². The van der Waals surface area contributed by atoms with E-state index in [9.17, 15) is 0 Å². The Morgan fingerprint density at radius 2 is 1.85 bits per heavy atom. The zero-order chi connectivity index (χ0) is 12.5. The Morgan fingerprint density at radius 3 is 2.45 bits per heavy atom. The third-order valence-corrected chi connectivity index (χ3v) is 4.45. The highest BCUT2D eigenvalue weighted by atomic mass is 35.5. The largest absolute Gasteiger partial charge is 0.399 e. The smallest absolute Gasteiger partial charge is 0.0317 e. The lowest BCUT2D eigenvalue weighted by Crippen LogP contribution is -2.46. The van der Waals surface area contributed by atoms with Gasteiger partial charge in [0.05, 0.1) is 0 Å². The molecule has 0 radical (unpaired) electrons. The standard InChI is InChI=1S/C15H23N3.2ClH/c1-18(10-11-3-2-4-12(16)7-11)15-8-13-5-6-14(9-15)17-13;;/h2-4,7,13-15,17H,5-6,8-10,16H2,1H3;2*1H. The number of fused-ring (bicyclic) bond motifs is 2. The number of hydrogen-bond acceptors (Lipinski definition) is 3. The molecule has 2 fully saturated rings. The van der Waals surface area contributed by atoms with Gasteiger partial charge in [0.2, 0.25) is 0 Å². The molecule has 0 amide bonds. The van der Waals surface area contributed by atoms with Crippen LogP contribution in [-0.4, -0.2) is 30.1 Å². The van der Waals surface area contributed by atoms with Crippen molar-refractivity contribution in [3.05, 3.63) is 29.8 Å². The molecule has 3 rings (SSSR count). The molecule has 2 atom stereocenters. The van der Waals surface area contributed by atoms with Gasteiger partial charge in [0.25, 0.3) is 0 Å². The van der Waals surface area contributed by atoms with Crippen LogP contribution in [0.4, 0.5) is 5.69 Å². The summed E-state index contributed by atoms with van der Waals surface area (Å²) in [5.41, 5.74) is 8.03. The van der Waals surface area contributed by atoms with Crippen LogP contribution in [0.1, 0.15) is 31.2 Å². The zero-order valence-electron chi connectivity index (χ0n) is 11.9. The average Bonchev–Trinajstić information content (AvgIpc) is 2.68. The summed E-state index contributed by atoms with van der Waals surface area (Å²) in [4.78, 5) is 2.50. The van der Waals surface area contributed by atoms with Crippen LogP contribution in [0.3, 0.4) is 0 Å². The van der Waals surface area contributed by atoms with E-state index in [1.165, 1.54) is 31.2 Å². The van der Waals surface area contributed by atoms with Crippen LogP contribution in [0.2, 0.25) is 0 Å². The quantitative estimate of drug-likeness (QED) is 0.842. The second kappa shape index (κ2) is 7.51. The Labute approximate surface area is 134 Å². The van der Waals surface area contributed by atoms with Crippen LogP contribution in [0.5, 0.6) is 0 Å². The topological polar surface area (TPSA) is 41.3 Å². The van der Waals surface area contributed by atoms with Gasteiger partial charge in [-0.1, -0.05) is 12.1 Å². The molecule has 2 aliphatic heterocycles. The molecular weight excluding hydrogens is 293 g/mol. The maximum Gasteiger partial charge on any atom is 0.0317 e. The Kier molecular flexibility index (Phi) is 6.59. The number of rotatable bonds is 3. The summed E-state index contributed by atoms with van der Waals surface area (Å²) in [6.07, 6.45) is 5.34. The average molecular weight is 318 g/mol. The van der Waals surface area contributed by atoms with E-state index in [-0.39, 0.29) is 24.8 Å². The van der Waals surface area contributed by atoms with Crippen LogP contribution in [0.25, 0.3) is 0 Å². The molecule has 2 unspecified atom stereocenters. The first-order valence-corrected chi connectivity index (χ1v) is 7.01. The number of anilines is 1. The van der Waals surface area contributed by atoms with Gasteiger partial charge in [-0.3, -0.25) is 4.90 Å². The van der Waals surface area contributed by atoms with Gasteiger partial charge >= 0.3 is 0 Å². The van der Waals surface area contributed by atoms with Gasteiger partial charge in [0.15, 0.2) is 0 Å². The van der Waals surface area contributed by atoms with E-state index in [1.54, 1.807) is 0 Å². The summed E-state index contributed by atoms with van der Waals surface area (Å²) in [7, 11) is 2.25. The molecule has 0 saturated carbocycles. The van der Waals surface area contributed by atoms with Crippen molar-refractivity contribution in [3.63, 3.8) is 0 Å². The molecule has 2 heterocycles. The minimum atomic E-state index is 0. The fourth-order valence-electron chi connectivity index (χ4n) is 3.50. The molecular formula is C15H25Cl2N3. The minimum absolute atomic E-state index is 0. The van der Waals surface area contributed by atoms with Crippen molar-refractivity contribution in [1.29, 1.82) is 0 Å². The normalized spacial score (nSPS) is 27.8. The number of halogens is 2. The van der Waals surface area contributed by atoms with E-state index in [2.05, 4.69) is 29.4 Å². The monoisotopic (exact) mass is 317 g/mol. The Balaban J connectivity index is 0.000001000. The SMILES string of the molecule is CN(Cc1cccc(N)c1)C1CC2CCC(C1)N2.Cl.Cl. The fraction of sp³-hybridized carbons (Fsp3) is 0.600. The Bertz CT molecular complexity index is 415. The summed E-state index contributed by atoms with van der Waals surface area (Å²) >= 11 is 0. The molecule has 0 aliphatic carbocycles. The predicted molar refractivity (Wildman–Crippen MR) is 89.8 cm³/mol. The lowest BCUT2D eigenvalue weighted by Gasteiger charge is -2.35. The highest BCUT2D eigenvalue weighted by molar-refractivity contribution is 5.85. The van der Waals surface area contributed by atoms with Crippen molar-refractivity contribution in [1.82, 2.24) is 10.2 Å². The molecule has 0 aromatic heterocycles. The first-order chi connectivity index (χ1) is 8.70. The van der Waals surface area contributed by atoms with Gasteiger partial charge in [0.1, 0.15) is 0 Å². The lowest BCUT2D eigenvalue weighted by molar-refractivity contribution is 0.166. The number of nitrogen functional groups attached to an aromatic ring is 1. The van der Waals surface area contributed by atoms with E-state index in [4.69, 9.17) is 5.73 Å². The number of benzene rings is 1. The second-order valence-electron chi connectivity index (χ2n) is 5.92. The van der Waals surface area contributed by atoms with Gasteiger partial charge in [-0.15, -0.1) is 24.8 Å². The van der Waals surface area contributed by atoms with Crippen molar-refractivity contribution < 1.29 is 0 Å². The second-order valence-corrected chi connectivity index (χ2v) is 5.92. The van der Waals surface area contributed by atoms with Gasteiger partial charge in [-0.2, -0.15) is 0 Å². The van der Waals surface area contributed by atoms with E-state index >= 15 is 0 Å². The molecule has 3 nitrogen and oxygen atoms in total. The van der Waals surface area contributed by atoms with E-state index in [0.717, 1.165) is 30.4 Å². The van der Waals surface area contributed by atoms with E-state index < -0.39 is 0 Å². The van der Waals surface area contributed by atoms with Crippen LogP contribution < -0.4 is 11.1 Å². The van der Waals surface area contributed by atoms with Crippen molar-refractivity contribution in [2.45, 2.75) is 50.4 Å². The third kappa shape index (κ3) is 4.01. The third-order valence-electron chi connectivity index (χ3n) is 4.45. The maximum atomic E-state index is 5.84. The fourth-order valence-corrected chi connectivity index (χ4v) is 3.50. The van der Waals surface area contributed by atoms with Crippen LogP contribution in [-0.2, 0) is 6.54 Å². The van der Waals surface area contributed by atoms with Crippen LogP contribution in [0, 0.1) is 0 Å². The summed E-state index contributed by atoms with van der Waals surface area (Å²) in [5.74, 6) is 0. The first-order valence-electron chi connectivity index (χ1n) is 7.01. The Hall–Kier alpha value is -0.480. The first kappa shape index (κ1) is 17.6. The molecule has 3 N–H and O–H groups in total.